The summed E-state index contributed by atoms with van der Waals surface area (Å²) < 4.78 is 6.87. The van der Waals surface area contributed by atoms with E-state index in [0.717, 1.165) is 29.5 Å². The first-order valence-corrected chi connectivity index (χ1v) is 11.6. The summed E-state index contributed by atoms with van der Waals surface area (Å²) in [6.07, 6.45) is 3.59. The maximum absolute atomic E-state index is 13.4. The third kappa shape index (κ3) is 4.24. The average molecular weight is 477 g/mol. The monoisotopic (exact) mass is 476 g/mol. The van der Waals surface area contributed by atoms with Crippen LogP contribution in [0.2, 0.25) is 5.02 Å². The number of ether oxygens (including phenoxy) is 1. The molecule has 8 heteroatoms. The SMILES string of the molecule is COC[C@H](NC(=O)c1nn2cc(-c3ccc(C)c(Cl)c3)[nH]c(=O)c2c1C1CC1)c1ccccc1. The van der Waals surface area contributed by atoms with Crippen molar-refractivity contribution in [1.82, 2.24) is 19.9 Å². The van der Waals surface area contributed by atoms with E-state index in [2.05, 4.69) is 15.4 Å². The van der Waals surface area contributed by atoms with E-state index in [1.165, 1.54) is 4.52 Å². The minimum Gasteiger partial charge on any atom is -0.382 e. The number of aromatic nitrogens is 3. The van der Waals surface area contributed by atoms with Gasteiger partial charge in [0.1, 0.15) is 5.52 Å². The van der Waals surface area contributed by atoms with Crippen molar-refractivity contribution in [1.29, 1.82) is 0 Å². The molecule has 2 N–H and O–H groups in total. The summed E-state index contributed by atoms with van der Waals surface area (Å²) in [5.41, 5.74) is 4.36. The fourth-order valence-corrected chi connectivity index (χ4v) is 4.42. The smallest absolute Gasteiger partial charge is 0.274 e. The van der Waals surface area contributed by atoms with Gasteiger partial charge >= 0.3 is 0 Å². The van der Waals surface area contributed by atoms with E-state index in [1.807, 2.05) is 55.5 Å². The molecule has 1 aliphatic rings. The summed E-state index contributed by atoms with van der Waals surface area (Å²) in [5, 5.41) is 8.24. The molecule has 34 heavy (non-hydrogen) atoms. The van der Waals surface area contributed by atoms with Crippen molar-refractivity contribution in [3.63, 3.8) is 0 Å². The fraction of sp³-hybridized carbons (Fsp3) is 0.269. The summed E-state index contributed by atoms with van der Waals surface area (Å²) in [6.45, 7) is 2.24. The zero-order valence-electron chi connectivity index (χ0n) is 19.0. The van der Waals surface area contributed by atoms with Crippen molar-refractivity contribution >= 4 is 23.0 Å². The minimum atomic E-state index is -0.334. The normalized spacial score (nSPS) is 14.3. The van der Waals surface area contributed by atoms with Gasteiger partial charge in [-0.25, -0.2) is 4.52 Å². The Morgan fingerprint density at radius 2 is 2.03 bits per heavy atom. The average Bonchev–Trinajstić information content (AvgIpc) is 3.60. The number of rotatable bonds is 7. The van der Waals surface area contributed by atoms with Crippen molar-refractivity contribution in [3.8, 4) is 11.3 Å². The van der Waals surface area contributed by atoms with Crippen molar-refractivity contribution in [2.24, 2.45) is 0 Å². The maximum Gasteiger partial charge on any atom is 0.274 e. The molecule has 5 rings (SSSR count). The Morgan fingerprint density at radius 1 is 1.26 bits per heavy atom. The molecule has 2 heterocycles. The van der Waals surface area contributed by atoms with Crippen molar-refractivity contribution in [2.75, 3.05) is 13.7 Å². The van der Waals surface area contributed by atoms with Crippen LogP contribution >= 0.6 is 11.6 Å². The number of aryl methyl sites for hydroxylation is 1. The Morgan fingerprint density at radius 3 is 2.71 bits per heavy atom. The van der Waals surface area contributed by atoms with Gasteiger partial charge in [0.05, 0.1) is 24.5 Å². The molecule has 0 spiro atoms. The molecule has 1 aliphatic carbocycles. The highest BCUT2D eigenvalue weighted by molar-refractivity contribution is 6.31. The van der Waals surface area contributed by atoms with Gasteiger partial charge in [0.15, 0.2) is 5.69 Å². The molecule has 0 radical (unpaired) electrons. The van der Waals surface area contributed by atoms with Gasteiger partial charge in [-0.1, -0.05) is 54.1 Å². The zero-order valence-corrected chi connectivity index (χ0v) is 19.7. The lowest BCUT2D eigenvalue weighted by Crippen LogP contribution is -2.32. The van der Waals surface area contributed by atoms with Gasteiger partial charge in [0.25, 0.3) is 11.5 Å². The summed E-state index contributed by atoms with van der Waals surface area (Å²) >= 11 is 6.29. The van der Waals surface area contributed by atoms with E-state index in [4.69, 9.17) is 16.3 Å². The predicted octanol–water partition coefficient (Wildman–Crippen LogP) is 4.65. The molecule has 0 aliphatic heterocycles. The highest BCUT2D eigenvalue weighted by Gasteiger charge is 2.35. The van der Waals surface area contributed by atoms with Gasteiger partial charge in [0, 0.05) is 23.3 Å². The third-order valence-corrected chi connectivity index (χ3v) is 6.59. The van der Waals surface area contributed by atoms with Crippen LogP contribution in [-0.2, 0) is 4.74 Å². The van der Waals surface area contributed by atoms with Gasteiger partial charge in [0.2, 0.25) is 0 Å². The number of fused-ring (bicyclic) bond motifs is 1. The molecular formula is C26H25ClN4O3. The van der Waals surface area contributed by atoms with Gasteiger partial charge in [-0.3, -0.25) is 9.59 Å². The topological polar surface area (TPSA) is 88.5 Å². The van der Waals surface area contributed by atoms with Gasteiger partial charge < -0.3 is 15.0 Å². The summed E-state index contributed by atoms with van der Waals surface area (Å²) in [4.78, 5) is 29.5. The van der Waals surface area contributed by atoms with Crippen LogP contribution in [0.5, 0.6) is 0 Å². The lowest BCUT2D eigenvalue weighted by atomic mass is 10.1. The second-order valence-electron chi connectivity index (χ2n) is 8.68. The van der Waals surface area contributed by atoms with E-state index in [0.29, 0.717) is 28.4 Å². The molecule has 7 nitrogen and oxygen atoms in total. The molecule has 2 aromatic carbocycles. The molecular weight excluding hydrogens is 452 g/mol. The van der Waals surface area contributed by atoms with Crippen molar-refractivity contribution in [2.45, 2.75) is 31.7 Å². The van der Waals surface area contributed by atoms with Gasteiger partial charge in [-0.2, -0.15) is 5.10 Å². The fourth-order valence-electron chi connectivity index (χ4n) is 4.24. The molecule has 1 saturated carbocycles. The molecule has 0 unspecified atom stereocenters. The Balaban J connectivity index is 1.56. The highest BCUT2D eigenvalue weighted by atomic mass is 35.5. The van der Waals surface area contributed by atoms with Crippen molar-refractivity contribution in [3.05, 3.63) is 92.5 Å². The van der Waals surface area contributed by atoms with Crippen LogP contribution < -0.4 is 10.9 Å². The van der Waals surface area contributed by atoms with Crippen LogP contribution in [0.3, 0.4) is 0 Å². The maximum atomic E-state index is 13.4. The van der Waals surface area contributed by atoms with Crippen LogP contribution in [0.15, 0.2) is 59.5 Å². The standard InChI is InChI=1S/C26H25ClN4O3/c1-15-8-9-18(12-19(15)27)20-13-31-24(26(33)28-20)22(17-10-11-17)23(30-31)25(32)29-21(14-34-2)16-6-4-3-5-7-16/h3-9,12-13,17,21H,10-11,14H2,1-2H3,(H,28,33)(H,29,32)/t21-/m0/s1. The second kappa shape index (κ2) is 9.08. The number of hydrogen-bond acceptors (Lipinski definition) is 4. The van der Waals surface area contributed by atoms with Gasteiger partial charge in [-0.05, 0) is 42.9 Å². The van der Waals surface area contributed by atoms with E-state index in [1.54, 1.807) is 13.3 Å². The lowest BCUT2D eigenvalue weighted by molar-refractivity contribution is 0.0890. The van der Waals surface area contributed by atoms with Crippen LogP contribution in [0.1, 0.15) is 52.0 Å². The number of methoxy groups -OCH3 is 1. The Kier molecular flexibility index (Phi) is 5.98. The number of hydrogen-bond donors (Lipinski definition) is 2. The van der Waals surface area contributed by atoms with Gasteiger partial charge in [-0.15, -0.1) is 0 Å². The van der Waals surface area contributed by atoms with E-state index >= 15 is 0 Å². The molecule has 1 amide bonds. The molecule has 0 saturated heterocycles. The number of nitrogens with one attached hydrogen (secondary N) is 2. The van der Waals surface area contributed by atoms with Crippen LogP contribution in [0, 0.1) is 6.92 Å². The Hall–Kier alpha value is -3.42. The van der Waals surface area contributed by atoms with E-state index < -0.39 is 0 Å². The van der Waals surface area contributed by atoms with Crippen LogP contribution in [0.4, 0.5) is 0 Å². The molecule has 0 bridgehead atoms. The summed E-state index contributed by atoms with van der Waals surface area (Å²) in [5.74, 6) is -0.174. The number of H-pyrrole nitrogens is 1. The van der Waals surface area contributed by atoms with Crippen molar-refractivity contribution < 1.29 is 9.53 Å². The van der Waals surface area contributed by atoms with E-state index in [9.17, 15) is 9.59 Å². The second-order valence-corrected chi connectivity index (χ2v) is 9.09. The Bertz CT molecular complexity index is 1420. The quantitative estimate of drug-likeness (QED) is 0.406. The van der Waals surface area contributed by atoms with Crippen LogP contribution in [-0.4, -0.2) is 34.2 Å². The number of carbonyl (C=O) groups is 1. The number of benzene rings is 2. The summed E-state index contributed by atoms with van der Waals surface area (Å²) in [6, 6.07) is 14.9. The highest BCUT2D eigenvalue weighted by Crippen LogP contribution is 2.43. The predicted molar refractivity (Wildman–Crippen MR) is 131 cm³/mol. The number of carbonyl (C=O) groups excluding carboxylic acids is 1. The molecule has 4 aromatic rings. The number of amides is 1. The number of aromatic amines is 1. The first kappa shape index (κ1) is 22.4. The zero-order chi connectivity index (χ0) is 23.8. The lowest BCUT2D eigenvalue weighted by Gasteiger charge is -2.18. The minimum absolute atomic E-state index is 0.150. The molecule has 1 fully saturated rings. The Labute approximate surface area is 201 Å². The largest absolute Gasteiger partial charge is 0.382 e. The number of halogens is 1. The molecule has 1 atom stereocenters. The third-order valence-electron chi connectivity index (χ3n) is 6.19. The first-order valence-electron chi connectivity index (χ1n) is 11.2. The molecule has 2 aromatic heterocycles. The van der Waals surface area contributed by atoms with E-state index in [-0.39, 0.29) is 29.1 Å². The summed E-state index contributed by atoms with van der Waals surface area (Å²) in [7, 11) is 1.60. The first-order chi connectivity index (χ1) is 16.5. The number of nitrogens with zero attached hydrogens (tertiary/aromatic N) is 2. The van der Waals surface area contributed by atoms with Crippen LogP contribution in [0.25, 0.3) is 16.8 Å². The molecule has 174 valence electrons.